The molecule has 1 aliphatic heterocycles. The Morgan fingerprint density at radius 3 is 2.56 bits per heavy atom. The molecule has 0 spiro atoms. The maximum absolute atomic E-state index is 12.2. The Morgan fingerprint density at radius 2 is 1.97 bits per heavy atom. The fraction of sp³-hybridized carbons (Fsp3) is 0.538. The van der Waals surface area contributed by atoms with Gasteiger partial charge in [0.25, 0.3) is 0 Å². The number of likely N-dealkylation sites (tertiary alicyclic amines) is 1. The van der Waals surface area contributed by atoms with Gasteiger partial charge in [0, 0.05) is 44.8 Å². The van der Waals surface area contributed by atoms with Gasteiger partial charge in [-0.15, -0.1) is 0 Å². The van der Waals surface area contributed by atoms with E-state index in [4.69, 9.17) is 5.11 Å². The summed E-state index contributed by atoms with van der Waals surface area (Å²) in [5.74, 6) is 0.364. The molecular weight excluding hydrogens is 402 g/mol. The Balaban J connectivity index is 1.45. The third kappa shape index (κ3) is 6.62. The number of amides is 1. The van der Waals surface area contributed by atoms with Gasteiger partial charge < -0.3 is 10.0 Å². The van der Waals surface area contributed by atoms with E-state index >= 15 is 0 Å². The van der Waals surface area contributed by atoms with Gasteiger partial charge in [0.05, 0.1) is 5.92 Å². The van der Waals surface area contributed by atoms with Crippen LogP contribution in [0.5, 0.6) is 0 Å². The lowest BCUT2D eigenvalue weighted by Gasteiger charge is -2.36. The lowest BCUT2D eigenvalue weighted by Crippen LogP contribution is -2.53. The van der Waals surface area contributed by atoms with Crippen LogP contribution in [0.25, 0.3) is 0 Å². The van der Waals surface area contributed by atoms with Crippen molar-refractivity contribution in [3.05, 3.63) is 47.0 Å². The van der Waals surface area contributed by atoms with Crippen LogP contribution in [0.3, 0.4) is 0 Å². The van der Waals surface area contributed by atoms with Crippen molar-refractivity contribution < 1.29 is 14.7 Å². The van der Waals surface area contributed by atoms with Gasteiger partial charge in [-0.05, 0) is 37.2 Å². The second-order valence-corrected chi connectivity index (χ2v) is 8.89. The SMILES string of the molecule is CCCC1CC=C(CC=NC(=NC)c2ccc(CCC(=O)N3CC(C(=O)O)C3)cc2)CC1. The Labute approximate surface area is 191 Å². The monoisotopic (exact) mass is 437 g/mol. The number of allylic oxidation sites excluding steroid dienone is 2. The second kappa shape index (κ2) is 11.7. The number of aliphatic imine (C=N–C) groups is 2. The Morgan fingerprint density at radius 1 is 1.22 bits per heavy atom. The molecule has 0 radical (unpaired) electrons. The summed E-state index contributed by atoms with van der Waals surface area (Å²) < 4.78 is 0. The standard InChI is InChI=1S/C26H35N3O3/c1-3-4-19-5-7-21(8-6-19)15-16-28-25(27-2)22-12-9-20(10-13-22)11-14-24(30)29-17-23(18-29)26(31)32/h7,9-10,12-13,16,19,23H,3-6,8,11,14-15,17-18H2,1-2H3,(H,31,32). The molecule has 1 N–H and O–H groups in total. The first-order chi connectivity index (χ1) is 15.5. The van der Waals surface area contributed by atoms with E-state index in [1.54, 1.807) is 11.9 Å². The summed E-state index contributed by atoms with van der Waals surface area (Å²) >= 11 is 0. The summed E-state index contributed by atoms with van der Waals surface area (Å²) in [5, 5.41) is 8.92. The van der Waals surface area contributed by atoms with Gasteiger partial charge in [0.2, 0.25) is 5.91 Å². The van der Waals surface area contributed by atoms with E-state index in [2.05, 4.69) is 23.0 Å². The molecule has 0 bridgehead atoms. The highest BCUT2D eigenvalue weighted by Gasteiger charge is 2.35. The Kier molecular flexibility index (Phi) is 8.77. The highest BCUT2D eigenvalue weighted by atomic mass is 16.4. The van der Waals surface area contributed by atoms with Crippen molar-refractivity contribution >= 4 is 23.9 Å². The number of rotatable bonds is 9. The summed E-state index contributed by atoms with van der Waals surface area (Å²) in [6.45, 7) is 2.92. The van der Waals surface area contributed by atoms with Crippen LogP contribution in [-0.2, 0) is 16.0 Å². The number of aryl methyl sites for hydroxylation is 1. The quantitative estimate of drug-likeness (QED) is 0.350. The van der Waals surface area contributed by atoms with Crippen molar-refractivity contribution in [3.63, 3.8) is 0 Å². The minimum atomic E-state index is -0.822. The third-order valence-corrected chi connectivity index (χ3v) is 6.51. The van der Waals surface area contributed by atoms with Gasteiger partial charge in [0.15, 0.2) is 5.84 Å². The number of carboxylic acid groups (broad SMARTS) is 1. The van der Waals surface area contributed by atoms with Crippen LogP contribution >= 0.6 is 0 Å². The van der Waals surface area contributed by atoms with Crippen molar-refractivity contribution in [1.82, 2.24) is 4.90 Å². The van der Waals surface area contributed by atoms with Crippen LogP contribution in [0.2, 0.25) is 0 Å². The number of carboxylic acids is 1. The molecule has 3 rings (SSSR count). The van der Waals surface area contributed by atoms with E-state index in [0.717, 1.165) is 23.5 Å². The number of hydrogen-bond acceptors (Lipinski definition) is 3. The highest BCUT2D eigenvalue weighted by molar-refractivity contribution is 6.03. The average molecular weight is 438 g/mol. The first-order valence-electron chi connectivity index (χ1n) is 11.8. The highest BCUT2D eigenvalue weighted by Crippen LogP contribution is 2.28. The zero-order valence-electron chi connectivity index (χ0n) is 19.3. The molecule has 1 aromatic rings. The molecule has 1 fully saturated rings. The number of aliphatic carboxylic acids is 1. The normalized spacial score (nSPS) is 19.7. The molecule has 1 unspecified atom stereocenters. The number of nitrogens with zero attached hydrogens (tertiary/aromatic N) is 3. The number of hydrogen-bond donors (Lipinski definition) is 1. The molecule has 32 heavy (non-hydrogen) atoms. The summed E-state index contributed by atoms with van der Waals surface area (Å²) in [4.78, 5) is 33.6. The molecule has 0 saturated carbocycles. The summed E-state index contributed by atoms with van der Waals surface area (Å²) in [6, 6.07) is 8.02. The number of carbonyl (C=O) groups excluding carboxylic acids is 1. The summed E-state index contributed by atoms with van der Waals surface area (Å²) in [6.07, 6.45) is 12.6. The lowest BCUT2D eigenvalue weighted by atomic mass is 9.86. The second-order valence-electron chi connectivity index (χ2n) is 8.89. The zero-order chi connectivity index (χ0) is 22.9. The van der Waals surface area contributed by atoms with Crippen LogP contribution in [0.1, 0.15) is 63.0 Å². The molecular formula is C26H35N3O3. The maximum Gasteiger partial charge on any atom is 0.310 e. The topological polar surface area (TPSA) is 82.3 Å². The minimum Gasteiger partial charge on any atom is -0.481 e. The molecule has 1 heterocycles. The molecule has 1 aliphatic carbocycles. The smallest absolute Gasteiger partial charge is 0.310 e. The Bertz CT molecular complexity index is 880. The Hall–Kier alpha value is -2.76. The predicted octanol–water partition coefficient (Wildman–Crippen LogP) is 4.53. The summed E-state index contributed by atoms with van der Waals surface area (Å²) in [5.41, 5.74) is 3.52. The lowest BCUT2D eigenvalue weighted by molar-refractivity contribution is -0.152. The molecule has 6 heteroatoms. The van der Waals surface area contributed by atoms with Gasteiger partial charge in [0.1, 0.15) is 0 Å². The third-order valence-electron chi connectivity index (χ3n) is 6.51. The van der Waals surface area contributed by atoms with Crippen molar-refractivity contribution in [2.45, 2.75) is 58.3 Å². The molecule has 1 saturated heterocycles. The van der Waals surface area contributed by atoms with Crippen LogP contribution in [0.15, 0.2) is 45.9 Å². The molecule has 1 atom stereocenters. The molecule has 1 amide bonds. The van der Waals surface area contributed by atoms with Crippen molar-refractivity contribution in [2.24, 2.45) is 21.8 Å². The molecule has 1 aromatic carbocycles. The van der Waals surface area contributed by atoms with Crippen LogP contribution in [0, 0.1) is 11.8 Å². The number of carbonyl (C=O) groups is 2. The largest absolute Gasteiger partial charge is 0.481 e. The van der Waals surface area contributed by atoms with Crippen molar-refractivity contribution in [1.29, 1.82) is 0 Å². The molecule has 0 aromatic heterocycles. The van der Waals surface area contributed by atoms with Gasteiger partial charge in [-0.2, -0.15) is 0 Å². The van der Waals surface area contributed by atoms with Gasteiger partial charge in [-0.3, -0.25) is 14.6 Å². The van der Waals surface area contributed by atoms with Gasteiger partial charge in [-0.1, -0.05) is 55.7 Å². The van der Waals surface area contributed by atoms with Gasteiger partial charge in [-0.25, -0.2) is 4.99 Å². The van der Waals surface area contributed by atoms with Crippen LogP contribution in [-0.4, -0.2) is 54.1 Å². The molecule has 2 aliphatic rings. The fourth-order valence-corrected chi connectivity index (χ4v) is 4.38. The first kappa shape index (κ1) is 23.9. The molecule has 6 nitrogen and oxygen atoms in total. The van der Waals surface area contributed by atoms with E-state index in [0.29, 0.717) is 31.8 Å². The van der Waals surface area contributed by atoms with Gasteiger partial charge >= 0.3 is 5.97 Å². The van der Waals surface area contributed by atoms with E-state index in [1.165, 1.54) is 37.7 Å². The van der Waals surface area contributed by atoms with Crippen LogP contribution in [0.4, 0.5) is 0 Å². The van der Waals surface area contributed by atoms with Crippen molar-refractivity contribution in [3.8, 4) is 0 Å². The zero-order valence-corrected chi connectivity index (χ0v) is 19.3. The van der Waals surface area contributed by atoms with E-state index in [-0.39, 0.29) is 5.91 Å². The van der Waals surface area contributed by atoms with E-state index in [1.807, 2.05) is 30.5 Å². The van der Waals surface area contributed by atoms with E-state index < -0.39 is 11.9 Å². The van der Waals surface area contributed by atoms with E-state index in [9.17, 15) is 9.59 Å². The minimum absolute atomic E-state index is 0.0185. The number of benzene rings is 1. The maximum atomic E-state index is 12.2. The van der Waals surface area contributed by atoms with Crippen LogP contribution < -0.4 is 0 Å². The fourth-order valence-electron chi connectivity index (χ4n) is 4.38. The first-order valence-corrected chi connectivity index (χ1v) is 11.8. The molecule has 172 valence electrons. The predicted molar refractivity (Wildman–Crippen MR) is 128 cm³/mol. The van der Waals surface area contributed by atoms with Crippen molar-refractivity contribution in [2.75, 3.05) is 20.1 Å². The number of amidine groups is 1. The average Bonchev–Trinajstić information content (AvgIpc) is 2.76. The summed E-state index contributed by atoms with van der Waals surface area (Å²) in [7, 11) is 1.76.